The Morgan fingerprint density at radius 1 is 1.14 bits per heavy atom. The SMILES string of the molecule is COc1ccccc1CN(C)C(=O)CSc1ccc(C)cc1. The molecule has 1 amide bonds. The van der Waals surface area contributed by atoms with Crippen molar-refractivity contribution in [3.63, 3.8) is 0 Å². The van der Waals surface area contributed by atoms with Crippen LogP contribution in [0.15, 0.2) is 53.4 Å². The number of ether oxygens (including phenoxy) is 1. The summed E-state index contributed by atoms with van der Waals surface area (Å²) in [5.41, 5.74) is 2.24. The van der Waals surface area contributed by atoms with Crippen LogP contribution >= 0.6 is 11.8 Å². The third kappa shape index (κ3) is 4.53. The number of carbonyl (C=O) groups is 1. The predicted molar refractivity (Wildman–Crippen MR) is 91.4 cm³/mol. The van der Waals surface area contributed by atoms with Gasteiger partial charge < -0.3 is 9.64 Å². The van der Waals surface area contributed by atoms with Gasteiger partial charge in [-0.1, -0.05) is 35.9 Å². The highest BCUT2D eigenvalue weighted by Crippen LogP contribution is 2.21. The van der Waals surface area contributed by atoms with Gasteiger partial charge in [-0.25, -0.2) is 0 Å². The summed E-state index contributed by atoms with van der Waals surface area (Å²) in [6.07, 6.45) is 0. The van der Waals surface area contributed by atoms with E-state index in [0.717, 1.165) is 16.2 Å². The smallest absolute Gasteiger partial charge is 0.232 e. The molecular weight excluding hydrogens is 294 g/mol. The van der Waals surface area contributed by atoms with E-state index in [0.29, 0.717) is 12.3 Å². The van der Waals surface area contributed by atoms with Gasteiger partial charge in [-0.2, -0.15) is 0 Å². The van der Waals surface area contributed by atoms with E-state index in [-0.39, 0.29) is 5.91 Å². The molecule has 0 radical (unpaired) electrons. The molecule has 0 aliphatic carbocycles. The molecule has 0 atom stereocenters. The molecule has 2 rings (SSSR count). The maximum atomic E-state index is 12.3. The molecule has 0 unspecified atom stereocenters. The van der Waals surface area contributed by atoms with Gasteiger partial charge in [0.2, 0.25) is 5.91 Å². The van der Waals surface area contributed by atoms with Crippen LogP contribution in [0, 0.1) is 6.92 Å². The molecule has 0 spiro atoms. The van der Waals surface area contributed by atoms with Crippen LogP contribution in [0.2, 0.25) is 0 Å². The Hall–Kier alpha value is -1.94. The van der Waals surface area contributed by atoms with Crippen molar-refractivity contribution in [3.05, 3.63) is 59.7 Å². The van der Waals surface area contributed by atoms with Crippen molar-refractivity contribution in [2.24, 2.45) is 0 Å². The zero-order valence-electron chi connectivity index (χ0n) is 13.2. The molecule has 0 aliphatic rings. The summed E-state index contributed by atoms with van der Waals surface area (Å²) >= 11 is 1.56. The lowest BCUT2D eigenvalue weighted by Gasteiger charge is -2.18. The molecule has 3 nitrogen and oxygen atoms in total. The summed E-state index contributed by atoms with van der Waals surface area (Å²) in [6.45, 7) is 2.61. The first-order chi connectivity index (χ1) is 10.6. The number of para-hydroxylation sites is 1. The molecule has 0 saturated carbocycles. The zero-order valence-corrected chi connectivity index (χ0v) is 14.0. The normalized spacial score (nSPS) is 10.3. The van der Waals surface area contributed by atoms with Crippen LogP contribution in [-0.4, -0.2) is 30.7 Å². The van der Waals surface area contributed by atoms with E-state index < -0.39 is 0 Å². The predicted octanol–water partition coefficient (Wildman–Crippen LogP) is 3.75. The van der Waals surface area contributed by atoms with Gasteiger partial charge in [0.1, 0.15) is 5.75 Å². The summed E-state index contributed by atoms with van der Waals surface area (Å²) < 4.78 is 5.32. The molecule has 0 saturated heterocycles. The quantitative estimate of drug-likeness (QED) is 0.760. The minimum Gasteiger partial charge on any atom is -0.496 e. The van der Waals surface area contributed by atoms with Crippen molar-refractivity contribution in [2.45, 2.75) is 18.4 Å². The minimum atomic E-state index is 0.108. The van der Waals surface area contributed by atoms with Crippen molar-refractivity contribution in [1.82, 2.24) is 4.90 Å². The monoisotopic (exact) mass is 315 g/mol. The van der Waals surface area contributed by atoms with Crippen molar-refractivity contribution in [1.29, 1.82) is 0 Å². The lowest BCUT2D eigenvalue weighted by Crippen LogP contribution is -2.27. The van der Waals surface area contributed by atoms with Crippen LogP contribution in [0.5, 0.6) is 5.75 Å². The molecule has 0 N–H and O–H groups in total. The van der Waals surface area contributed by atoms with Crippen molar-refractivity contribution in [2.75, 3.05) is 19.9 Å². The van der Waals surface area contributed by atoms with Crippen LogP contribution in [0.3, 0.4) is 0 Å². The van der Waals surface area contributed by atoms with Gasteiger partial charge in [0.05, 0.1) is 12.9 Å². The second-order valence-corrected chi connectivity index (χ2v) is 6.21. The Morgan fingerprint density at radius 3 is 2.50 bits per heavy atom. The van der Waals surface area contributed by atoms with E-state index in [2.05, 4.69) is 19.1 Å². The summed E-state index contributed by atoms with van der Waals surface area (Å²) in [6, 6.07) is 16.0. The Labute approximate surface area is 136 Å². The first kappa shape index (κ1) is 16.4. The Morgan fingerprint density at radius 2 is 1.82 bits per heavy atom. The van der Waals surface area contributed by atoms with Gasteiger partial charge >= 0.3 is 0 Å². The number of carbonyl (C=O) groups excluding carboxylic acids is 1. The number of thioether (sulfide) groups is 1. The second kappa shape index (κ2) is 7.90. The molecule has 0 aromatic heterocycles. The summed E-state index contributed by atoms with van der Waals surface area (Å²) in [7, 11) is 3.47. The van der Waals surface area contributed by atoms with Crippen LogP contribution < -0.4 is 4.74 Å². The molecule has 0 aliphatic heterocycles. The lowest BCUT2D eigenvalue weighted by atomic mass is 10.2. The molecular formula is C18H21NO2S. The fourth-order valence-electron chi connectivity index (χ4n) is 2.07. The molecule has 0 fully saturated rings. The number of nitrogens with zero attached hydrogens (tertiary/aromatic N) is 1. The standard InChI is InChI=1S/C18H21NO2S/c1-14-8-10-16(11-9-14)22-13-18(20)19(2)12-15-6-4-5-7-17(15)21-3/h4-11H,12-13H2,1-3H3. The van der Waals surface area contributed by atoms with Gasteiger partial charge in [-0.15, -0.1) is 11.8 Å². The molecule has 4 heteroatoms. The number of benzene rings is 2. The van der Waals surface area contributed by atoms with Crippen LogP contribution in [0.1, 0.15) is 11.1 Å². The van der Waals surface area contributed by atoms with Gasteiger partial charge in [-0.3, -0.25) is 4.79 Å². The Bertz CT molecular complexity index is 625. The number of methoxy groups -OCH3 is 1. The lowest BCUT2D eigenvalue weighted by molar-refractivity contribution is -0.127. The zero-order chi connectivity index (χ0) is 15.9. The number of amides is 1. The fraction of sp³-hybridized carbons (Fsp3) is 0.278. The van der Waals surface area contributed by atoms with E-state index in [9.17, 15) is 4.79 Å². The van der Waals surface area contributed by atoms with Crippen LogP contribution in [0.4, 0.5) is 0 Å². The van der Waals surface area contributed by atoms with E-state index >= 15 is 0 Å². The average Bonchev–Trinajstić information content (AvgIpc) is 2.54. The number of aryl methyl sites for hydroxylation is 1. The number of rotatable bonds is 6. The fourth-order valence-corrected chi connectivity index (χ4v) is 2.91. The van der Waals surface area contributed by atoms with Crippen LogP contribution in [-0.2, 0) is 11.3 Å². The summed E-state index contributed by atoms with van der Waals surface area (Å²) in [5, 5.41) is 0. The van der Waals surface area contributed by atoms with Crippen molar-refractivity contribution < 1.29 is 9.53 Å². The van der Waals surface area contributed by atoms with E-state index in [1.807, 2.05) is 43.4 Å². The summed E-state index contributed by atoms with van der Waals surface area (Å²) in [5.74, 6) is 1.36. The van der Waals surface area contributed by atoms with E-state index in [4.69, 9.17) is 4.74 Å². The third-order valence-electron chi connectivity index (χ3n) is 3.41. The Balaban J connectivity index is 1.90. The van der Waals surface area contributed by atoms with Gasteiger partial charge in [0, 0.05) is 24.1 Å². The van der Waals surface area contributed by atoms with Gasteiger partial charge in [0.25, 0.3) is 0 Å². The average molecular weight is 315 g/mol. The maximum Gasteiger partial charge on any atom is 0.232 e. The van der Waals surface area contributed by atoms with E-state index in [1.165, 1.54) is 5.56 Å². The largest absolute Gasteiger partial charge is 0.496 e. The highest BCUT2D eigenvalue weighted by Gasteiger charge is 2.12. The molecule has 2 aromatic carbocycles. The maximum absolute atomic E-state index is 12.3. The summed E-state index contributed by atoms with van der Waals surface area (Å²) in [4.78, 5) is 15.1. The first-order valence-electron chi connectivity index (χ1n) is 7.15. The molecule has 22 heavy (non-hydrogen) atoms. The van der Waals surface area contributed by atoms with Crippen LogP contribution in [0.25, 0.3) is 0 Å². The molecule has 2 aromatic rings. The minimum absolute atomic E-state index is 0.108. The molecule has 0 heterocycles. The highest BCUT2D eigenvalue weighted by molar-refractivity contribution is 8.00. The van der Waals surface area contributed by atoms with Gasteiger partial charge in [-0.05, 0) is 25.1 Å². The van der Waals surface area contributed by atoms with E-state index in [1.54, 1.807) is 23.8 Å². The highest BCUT2D eigenvalue weighted by atomic mass is 32.2. The topological polar surface area (TPSA) is 29.5 Å². The van der Waals surface area contributed by atoms with Gasteiger partial charge in [0.15, 0.2) is 0 Å². The first-order valence-corrected chi connectivity index (χ1v) is 8.14. The van der Waals surface area contributed by atoms with Crippen molar-refractivity contribution in [3.8, 4) is 5.75 Å². The number of hydrogen-bond donors (Lipinski definition) is 0. The second-order valence-electron chi connectivity index (χ2n) is 5.16. The number of hydrogen-bond acceptors (Lipinski definition) is 3. The Kier molecular flexibility index (Phi) is 5.90. The molecule has 116 valence electrons. The third-order valence-corrected chi connectivity index (χ3v) is 4.41. The molecule has 0 bridgehead atoms. The van der Waals surface area contributed by atoms with Crippen molar-refractivity contribution >= 4 is 17.7 Å².